The summed E-state index contributed by atoms with van der Waals surface area (Å²) in [7, 11) is 0. The minimum atomic E-state index is -1.14. The third kappa shape index (κ3) is 6.90. The zero-order chi connectivity index (χ0) is 28.6. The molecule has 0 amide bonds. The number of allylic oxidation sites excluding steroid dienone is 5. The molecule has 39 heavy (non-hydrogen) atoms. The van der Waals surface area contributed by atoms with Gasteiger partial charge in [0.2, 0.25) is 0 Å². The van der Waals surface area contributed by atoms with E-state index in [2.05, 4.69) is 18.4 Å². The summed E-state index contributed by atoms with van der Waals surface area (Å²) >= 11 is 0. The Morgan fingerprint density at radius 2 is 2.05 bits per heavy atom. The predicted molar refractivity (Wildman–Crippen MR) is 154 cm³/mol. The van der Waals surface area contributed by atoms with E-state index < -0.39 is 23.2 Å². The highest BCUT2D eigenvalue weighted by molar-refractivity contribution is 5.74. The zero-order valence-electron chi connectivity index (χ0n) is 23.8. The van der Waals surface area contributed by atoms with E-state index in [-0.39, 0.29) is 31.7 Å². The van der Waals surface area contributed by atoms with Gasteiger partial charge in [0.15, 0.2) is 0 Å². The number of aliphatic hydroxyl groups is 4. The number of carbonyl (C=O) groups excluding carboxylic acids is 1. The van der Waals surface area contributed by atoms with Crippen molar-refractivity contribution in [1.29, 1.82) is 0 Å². The molecule has 6 atom stereocenters. The van der Waals surface area contributed by atoms with E-state index in [1.165, 1.54) is 0 Å². The molecule has 3 rings (SSSR count). The first-order valence-electron chi connectivity index (χ1n) is 14.2. The SMILES string of the molecule is C=C1/C=C/C=C(/[C@H]2CC[C@@]3([C@H](CCCO)/C(=C(\C)C=O)CC[C@@]3(C)O)[C@@H]2O)COCC#CC/C(C)=C\C[C@@H]1O. The normalized spacial score (nSPS) is 39.3. The van der Waals surface area contributed by atoms with Gasteiger partial charge in [-0.2, -0.15) is 0 Å². The topological polar surface area (TPSA) is 107 Å². The maximum absolute atomic E-state index is 12.1. The minimum absolute atomic E-state index is 0.0112. The summed E-state index contributed by atoms with van der Waals surface area (Å²) in [6.07, 6.45) is 11.3. The van der Waals surface area contributed by atoms with E-state index in [0.29, 0.717) is 62.5 Å². The van der Waals surface area contributed by atoms with Gasteiger partial charge in [-0.25, -0.2) is 0 Å². The number of rotatable bonds is 5. The van der Waals surface area contributed by atoms with Gasteiger partial charge in [0, 0.05) is 24.4 Å². The molecule has 2 aliphatic carbocycles. The fraction of sp³-hybridized carbons (Fsp3) is 0.606. The van der Waals surface area contributed by atoms with Crippen molar-refractivity contribution in [2.24, 2.45) is 17.3 Å². The Balaban J connectivity index is 1.98. The molecule has 0 bridgehead atoms. The lowest BCUT2D eigenvalue weighted by Gasteiger charge is -2.55. The van der Waals surface area contributed by atoms with Gasteiger partial charge in [0.1, 0.15) is 12.9 Å². The van der Waals surface area contributed by atoms with E-state index in [4.69, 9.17) is 4.74 Å². The van der Waals surface area contributed by atoms with Crippen molar-refractivity contribution in [2.45, 2.75) is 89.9 Å². The third-order valence-electron chi connectivity index (χ3n) is 9.19. The number of aldehydes is 1. The molecule has 0 unspecified atom stereocenters. The van der Waals surface area contributed by atoms with Crippen molar-refractivity contribution >= 4 is 6.29 Å². The molecule has 0 aromatic rings. The van der Waals surface area contributed by atoms with Crippen molar-refractivity contribution in [3.63, 3.8) is 0 Å². The van der Waals surface area contributed by atoms with Crippen LogP contribution in [0.15, 0.2) is 58.7 Å². The number of ether oxygens (including phenoxy) is 1. The second-order valence-corrected chi connectivity index (χ2v) is 11.6. The van der Waals surface area contributed by atoms with Crippen molar-refractivity contribution in [2.75, 3.05) is 19.8 Å². The van der Waals surface area contributed by atoms with Crippen LogP contribution in [-0.4, -0.2) is 64.3 Å². The minimum Gasteiger partial charge on any atom is -0.396 e. The average molecular weight is 539 g/mol. The summed E-state index contributed by atoms with van der Waals surface area (Å²) in [4.78, 5) is 11.8. The van der Waals surface area contributed by atoms with Crippen LogP contribution >= 0.6 is 0 Å². The second-order valence-electron chi connectivity index (χ2n) is 11.6. The molecule has 214 valence electrons. The average Bonchev–Trinajstić information content (AvgIpc) is 3.25. The van der Waals surface area contributed by atoms with Crippen LogP contribution in [0, 0.1) is 29.1 Å². The Bertz CT molecular complexity index is 1080. The van der Waals surface area contributed by atoms with Crippen LogP contribution in [0.25, 0.3) is 0 Å². The van der Waals surface area contributed by atoms with Gasteiger partial charge in [0.25, 0.3) is 0 Å². The van der Waals surface area contributed by atoms with Crippen LogP contribution in [0.5, 0.6) is 0 Å². The Kier molecular flexibility index (Phi) is 11.1. The molecular weight excluding hydrogens is 492 g/mol. The molecule has 0 radical (unpaired) electrons. The summed E-state index contributed by atoms with van der Waals surface area (Å²) < 4.78 is 5.93. The lowest BCUT2D eigenvalue weighted by molar-refractivity contribution is -0.167. The molecular formula is C33H46O6. The van der Waals surface area contributed by atoms with Crippen LogP contribution in [0.2, 0.25) is 0 Å². The molecule has 0 aromatic heterocycles. The number of carbonyl (C=O) groups is 1. The van der Waals surface area contributed by atoms with Gasteiger partial charge in [-0.1, -0.05) is 53.9 Å². The maximum atomic E-state index is 12.1. The lowest BCUT2D eigenvalue weighted by atomic mass is 9.52. The van der Waals surface area contributed by atoms with Crippen LogP contribution in [-0.2, 0) is 9.53 Å². The molecule has 1 spiro atoms. The smallest absolute Gasteiger partial charge is 0.145 e. The predicted octanol–water partition coefficient (Wildman–Crippen LogP) is 4.35. The summed E-state index contributed by atoms with van der Waals surface area (Å²) in [6.45, 7) is 10.2. The van der Waals surface area contributed by atoms with Crippen molar-refractivity contribution in [3.8, 4) is 11.8 Å². The van der Waals surface area contributed by atoms with Gasteiger partial charge >= 0.3 is 0 Å². The standard InChI is InChI=1S/C33H46O6/c1-23-9-5-6-20-39-22-26(11-7-10-24(2)30(36)14-13-23)28-16-18-33(31(28)37)29(12-8-19-34)27(25(3)21-35)15-17-32(33,4)38/h7,10-11,13,21,28-31,34,36-38H,2,8-9,12,14-20,22H2,1,3-4H3/b10-7+,23-13-,26-11+,27-25+/t28-,29-,30+,31-,32-,33-/m1/s1. The number of hydrogen-bond donors (Lipinski definition) is 4. The van der Waals surface area contributed by atoms with E-state index in [0.717, 1.165) is 23.0 Å². The van der Waals surface area contributed by atoms with E-state index in [9.17, 15) is 25.2 Å². The second kappa shape index (κ2) is 13.9. The van der Waals surface area contributed by atoms with Gasteiger partial charge in [0.05, 0.1) is 24.4 Å². The quantitative estimate of drug-likeness (QED) is 0.179. The van der Waals surface area contributed by atoms with Crippen LogP contribution in [0.3, 0.4) is 0 Å². The Labute approximate surface area is 233 Å². The first-order valence-corrected chi connectivity index (χ1v) is 14.2. The molecule has 6 heteroatoms. The Hall–Kier alpha value is -2.27. The molecule has 0 aromatic carbocycles. The van der Waals surface area contributed by atoms with Crippen molar-refractivity contribution in [3.05, 3.63) is 58.7 Å². The fourth-order valence-corrected chi connectivity index (χ4v) is 6.86. The molecule has 1 aliphatic heterocycles. The lowest BCUT2D eigenvalue weighted by Crippen LogP contribution is -2.59. The molecule has 3 aliphatic rings. The summed E-state index contributed by atoms with van der Waals surface area (Å²) in [6, 6.07) is 0. The molecule has 4 N–H and O–H groups in total. The molecule has 2 saturated carbocycles. The summed E-state index contributed by atoms with van der Waals surface area (Å²) in [5.41, 5.74) is 2.22. The fourth-order valence-electron chi connectivity index (χ4n) is 6.86. The highest BCUT2D eigenvalue weighted by Crippen LogP contribution is 2.62. The first-order chi connectivity index (χ1) is 18.6. The molecule has 1 heterocycles. The largest absolute Gasteiger partial charge is 0.396 e. The van der Waals surface area contributed by atoms with Crippen molar-refractivity contribution < 1.29 is 30.0 Å². The highest BCUT2D eigenvalue weighted by Gasteiger charge is 2.63. The van der Waals surface area contributed by atoms with E-state index >= 15 is 0 Å². The Morgan fingerprint density at radius 1 is 1.28 bits per heavy atom. The summed E-state index contributed by atoms with van der Waals surface area (Å²) in [5.74, 6) is 5.68. The monoisotopic (exact) mass is 538 g/mol. The Morgan fingerprint density at radius 3 is 2.77 bits per heavy atom. The number of aliphatic hydroxyl groups excluding tert-OH is 3. The van der Waals surface area contributed by atoms with Gasteiger partial charge < -0.3 is 25.2 Å². The molecule has 2 fully saturated rings. The van der Waals surface area contributed by atoms with Crippen LogP contribution < -0.4 is 0 Å². The zero-order valence-corrected chi connectivity index (χ0v) is 23.8. The van der Waals surface area contributed by atoms with Gasteiger partial charge in [-0.15, -0.1) is 0 Å². The van der Waals surface area contributed by atoms with Crippen LogP contribution in [0.1, 0.15) is 72.1 Å². The maximum Gasteiger partial charge on any atom is 0.145 e. The van der Waals surface area contributed by atoms with E-state index in [1.807, 2.05) is 32.1 Å². The van der Waals surface area contributed by atoms with Gasteiger partial charge in [-0.3, -0.25) is 4.79 Å². The molecule has 6 nitrogen and oxygen atoms in total. The summed E-state index contributed by atoms with van der Waals surface area (Å²) in [5, 5.41) is 44.0. The number of hydrogen-bond acceptors (Lipinski definition) is 6. The van der Waals surface area contributed by atoms with E-state index in [1.54, 1.807) is 13.0 Å². The first kappa shape index (κ1) is 31.3. The highest BCUT2D eigenvalue weighted by atomic mass is 16.5. The van der Waals surface area contributed by atoms with Crippen LogP contribution in [0.4, 0.5) is 0 Å². The molecule has 0 saturated heterocycles. The van der Waals surface area contributed by atoms with Crippen molar-refractivity contribution in [1.82, 2.24) is 0 Å². The third-order valence-corrected chi connectivity index (χ3v) is 9.19. The van der Waals surface area contributed by atoms with Gasteiger partial charge in [-0.05, 0) is 88.4 Å².